The second-order valence-corrected chi connectivity index (χ2v) is 6.34. The predicted molar refractivity (Wildman–Crippen MR) is 98.9 cm³/mol. The van der Waals surface area contributed by atoms with Crippen LogP contribution in [0.15, 0.2) is 24.3 Å². The van der Waals surface area contributed by atoms with E-state index in [0.29, 0.717) is 29.9 Å². The van der Waals surface area contributed by atoms with E-state index in [9.17, 15) is 4.79 Å². The Labute approximate surface area is 157 Å². The second-order valence-electron chi connectivity index (χ2n) is 5.90. The van der Waals surface area contributed by atoms with Crippen LogP contribution in [0.2, 0.25) is 5.02 Å². The van der Waals surface area contributed by atoms with Gasteiger partial charge in [-0.1, -0.05) is 18.5 Å². The van der Waals surface area contributed by atoms with Gasteiger partial charge >= 0.3 is 0 Å². The summed E-state index contributed by atoms with van der Waals surface area (Å²) in [4.78, 5) is 13.8. The summed E-state index contributed by atoms with van der Waals surface area (Å²) < 4.78 is 0. The first-order valence-corrected chi connectivity index (χ1v) is 8.61. The number of benzene rings is 1. The van der Waals surface area contributed by atoms with Crippen molar-refractivity contribution in [3.05, 3.63) is 29.3 Å². The Morgan fingerprint density at radius 2 is 2.20 bits per heavy atom. The molecule has 2 heterocycles. The van der Waals surface area contributed by atoms with Crippen molar-refractivity contribution in [3.8, 4) is 11.4 Å². The summed E-state index contributed by atoms with van der Waals surface area (Å²) in [7, 11) is 0. The lowest BCUT2D eigenvalue weighted by molar-refractivity contribution is -0.125. The third-order valence-corrected chi connectivity index (χ3v) is 4.44. The highest BCUT2D eigenvalue weighted by Crippen LogP contribution is 2.18. The maximum Gasteiger partial charge on any atom is 0.246 e. The van der Waals surface area contributed by atoms with Gasteiger partial charge in [0, 0.05) is 23.2 Å². The smallest absolute Gasteiger partial charge is 0.246 e. The Morgan fingerprint density at radius 3 is 2.84 bits per heavy atom. The van der Waals surface area contributed by atoms with Crippen molar-refractivity contribution in [2.75, 3.05) is 13.1 Å². The van der Waals surface area contributed by atoms with E-state index in [1.54, 1.807) is 12.1 Å². The molecule has 1 aromatic heterocycles. The number of rotatable bonds is 6. The van der Waals surface area contributed by atoms with Gasteiger partial charge in [-0.15, -0.1) is 22.6 Å². The van der Waals surface area contributed by atoms with E-state index in [-0.39, 0.29) is 18.3 Å². The molecule has 1 aliphatic rings. The molecule has 9 heteroatoms. The maximum absolute atomic E-state index is 12.4. The van der Waals surface area contributed by atoms with Crippen molar-refractivity contribution in [2.24, 2.45) is 0 Å². The van der Waals surface area contributed by atoms with E-state index in [0.717, 1.165) is 24.9 Å². The zero-order chi connectivity index (χ0) is 16.9. The number of hydrogen-bond donors (Lipinski definition) is 2. The van der Waals surface area contributed by atoms with E-state index in [2.05, 4.69) is 26.0 Å². The first kappa shape index (κ1) is 19.6. The zero-order valence-corrected chi connectivity index (χ0v) is 15.6. The summed E-state index contributed by atoms with van der Waals surface area (Å²) in [6.07, 6.45) is 2.85. The van der Waals surface area contributed by atoms with Gasteiger partial charge in [-0.05, 0) is 55.3 Å². The number of amides is 1. The van der Waals surface area contributed by atoms with Crippen LogP contribution >= 0.6 is 24.0 Å². The van der Waals surface area contributed by atoms with Crippen molar-refractivity contribution in [1.82, 2.24) is 30.8 Å². The number of nitrogens with zero attached hydrogens (tertiary/aromatic N) is 4. The lowest BCUT2D eigenvalue weighted by Crippen LogP contribution is -2.40. The summed E-state index contributed by atoms with van der Waals surface area (Å²) in [6, 6.07) is 7.11. The quantitative estimate of drug-likeness (QED) is 0.797. The molecule has 2 N–H and O–H groups in total. The van der Waals surface area contributed by atoms with Gasteiger partial charge in [0.05, 0.1) is 0 Å². The standard InChI is InChI=1S/C16H21ClN6O.ClH/c1-2-14(16(24)19-10-13-4-3-9-18-13)23-21-15(20-22-23)11-5-7-12(17)8-6-11;/h5-8,13-14,18H,2-4,9-10H2,1H3,(H,19,24);1H. The Balaban J connectivity index is 0.00000225. The van der Waals surface area contributed by atoms with Crippen LogP contribution in [0.25, 0.3) is 11.4 Å². The number of hydrogen-bond acceptors (Lipinski definition) is 5. The molecule has 3 rings (SSSR count). The van der Waals surface area contributed by atoms with Crippen LogP contribution in [0.4, 0.5) is 0 Å². The highest BCUT2D eigenvalue weighted by molar-refractivity contribution is 6.30. The normalized spacial score (nSPS) is 17.8. The summed E-state index contributed by atoms with van der Waals surface area (Å²) in [6.45, 7) is 3.59. The van der Waals surface area contributed by atoms with Crippen LogP contribution in [-0.4, -0.2) is 45.2 Å². The molecule has 0 radical (unpaired) electrons. The minimum absolute atomic E-state index is 0. The van der Waals surface area contributed by atoms with Gasteiger partial charge in [-0.3, -0.25) is 4.79 Å². The number of tetrazole rings is 1. The van der Waals surface area contributed by atoms with Gasteiger partial charge in [0.1, 0.15) is 0 Å². The molecule has 1 fully saturated rings. The van der Waals surface area contributed by atoms with Crippen molar-refractivity contribution in [2.45, 2.75) is 38.3 Å². The van der Waals surface area contributed by atoms with Crippen LogP contribution in [0.1, 0.15) is 32.2 Å². The Morgan fingerprint density at radius 1 is 1.44 bits per heavy atom. The molecule has 1 aromatic carbocycles. The van der Waals surface area contributed by atoms with Crippen LogP contribution in [0, 0.1) is 0 Å². The third-order valence-electron chi connectivity index (χ3n) is 4.18. The Bertz CT molecular complexity index is 684. The molecule has 0 spiro atoms. The van der Waals surface area contributed by atoms with Gasteiger partial charge < -0.3 is 10.6 Å². The van der Waals surface area contributed by atoms with Crippen LogP contribution in [0.5, 0.6) is 0 Å². The van der Waals surface area contributed by atoms with Gasteiger partial charge in [-0.25, -0.2) is 0 Å². The molecule has 0 saturated carbocycles. The fraction of sp³-hybridized carbons (Fsp3) is 0.500. The molecule has 1 amide bonds. The average molecular weight is 385 g/mol. The van der Waals surface area contributed by atoms with Crippen molar-refractivity contribution in [1.29, 1.82) is 0 Å². The highest BCUT2D eigenvalue weighted by Gasteiger charge is 2.23. The topological polar surface area (TPSA) is 84.7 Å². The van der Waals surface area contributed by atoms with Crippen molar-refractivity contribution in [3.63, 3.8) is 0 Å². The first-order chi connectivity index (χ1) is 11.7. The molecule has 1 saturated heterocycles. The molecule has 2 atom stereocenters. The minimum atomic E-state index is -0.458. The lowest BCUT2D eigenvalue weighted by atomic mass is 10.2. The molecular weight excluding hydrogens is 363 g/mol. The van der Waals surface area contributed by atoms with E-state index >= 15 is 0 Å². The Kier molecular flexibility index (Phi) is 7.16. The predicted octanol–water partition coefficient (Wildman–Crippen LogP) is 2.23. The summed E-state index contributed by atoms with van der Waals surface area (Å²) in [5, 5.41) is 19.5. The van der Waals surface area contributed by atoms with Gasteiger partial charge in [0.25, 0.3) is 0 Å². The van der Waals surface area contributed by atoms with Crippen molar-refractivity contribution >= 4 is 29.9 Å². The monoisotopic (exact) mass is 384 g/mol. The number of halogens is 2. The highest BCUT2D eigenvalue weighted by atomic mass is 35.5. The molecule has 136 valence electrons. The van der Waals surface area contributed by atoms with Gasteiger partial charge in [0.2, 0.25) is 11.7 Å². The van der Waals surface area contributed by atoms with Crippen LogP contribution in [-0.2, 0) is 4.79 Å². The summed E-state index contributed by atoms with van der Waals surface area (Å²) in [5.74, 6) is 0.404. The average Bonchev–Trinajstić information content (AvgIpc) is 3.26. The van der Waals surface area contributed by atoms with Crippen LogP contribution < -0.4 is 10.6 Å². The molecule has 7 nitrogen and oxygen atoms in total. The molecule has 0 bridgehead atoms. The minimum Gasteiger partial charge on any atom is -0.353 e. The fourth-order valence-corrected chi connectivity index (χ4v) is 2.92. The third kappa shape index (κ3) is 4.90. The van der Waals surface area contributed by atoms with E-state index in [1.807, 2.05) is 19.1 Å². The number of carbonyl (C=O) groups excluding carboxylic acids is 1. The number of carbonyl (C=O) groups is 1. The SMILES string of the molecule is CCC(C(=O)NCC1CCCN1)n1nnc(-c2ccc(Cl)cc2)n1.Cl. The van der Waals surface area contributed by atoms with Crippen LogP contribution in [0.3, 0.4) is 0 Å². The molecule has 2 aromatic rings. The number of aromatic nitrogens is 4. The molecular formula is C16H22Cl2N6O. The molecule has 1 aliphatic heterocycles. The van der Waals surface area contributed by atoms with Crippen molar-refractivity contribution < 1.29 is 4.79 Å². The molecule has 25 heavy (non-hydrogen) atoms. The largest absolute Gasteiger partial charge is 0.353 e. The number of nitrogens with one attached hydrogen (secondary N) is 2. The zero-order valence-electron chi connectivity index (χ0n) is 14.0. The fourth-order valence-electron chi connectivity index (χ4n) is 2.80. The van der Waals surface area contributed by atoms with E-state index in [4.69, 9.17) is 11.6 Å². The summed E-state index contributed by atoms with van der Waals surface area (Å²) >= 11 is 5.89. The van der Waals surface area contributed by atoms with Gasteiger partial charge in [-0.2, -0.15) is 4.80 Å². The molecule has 0 aliphatic carbocycles. The molecule has 2 unspecified atom stereocenters. The van der Waals surface area contributed by atoms with E-state index < -0.39 is 6.04 Å². The second kappa shape index (κ2) is 9.12. The van der Waals surface area contributed by atoms with E-state index in [1.165, 1.54) is 4.80 Å². The van der Waals surface area contributed by atoms with Gasteiger partial charge in [0.15, 0.2) is 6.04 Å². The summed E-state index contributed by atoms with van der Waals surface area (Å²) in [5.41, 5.74) is 0.816. The maximum atomic E-state index is 12.4. The first-order valence-electron chi connectivity index (χ1n) is 8.24. The lowest BCUT2D eigenvalue weighted by Gasteiger charge is -2.16. The Hall–Kier alpha value is -1.70.